The van der Waals surface area contributed by atoms with Crippen molar-refractivity contribution in [2.45, 2.75) is 0 Å². The molecule has 6 heteroatoms. The van der Waals surface area contributed by atoms with Crippen molar-refractivity contribution in [3.8, 4) is 0 Å². The molecule has 5 nitrogen and oxygen atoms in total. The molecule has 1 heterocycles. The number of carbonyl (C=O) groups excluding carboxylic acids is 1. The first-order chi connectivity index (χ1) is 7.25. The number of H-pyrrole nitrogens is 1. The van der Waals surface area contributed by atoms with Crippen molar-refractivity contribution in [1.29, 1.82) is 0 Å². The maximum absolute atomic E-state index is 11.6. The number of amides is 1. The average Bonchev–Trinajstić information content (AvgIpc) is 2.65. The number of halogens is 1. The van der Waals surface area contributed by atoms with Crippen LogP contribution in [0.3, 0.4) is 0 Å². The smallest absolute Gasteiger partial charge is 0.258 e. The fraction of sp³-hybridized carbons (Fsp3) is 0. The molecule has 2 rings (SSSR count). The quantitative estimate of drug-likeness (QED) is 0.871. The van der Waals surface area contributed by atoms with E-state index in [1.54, 1.807) is 24.3 Å². The summed E-state index contributed by atoms with van der Waals surface area (Å²) in [7, 11) is 0. The molecule has 15 heavy (non-hydrogen) atoms. The third-order valence-corrected chi connectivity index (χ3v) is 2.07. The lowest BCUT2D eigenvalue weighted by Crippen LogP contribution is -2.12. The van der Waals surface area contributed by atoms with E-state index >= 15 is 0 Å². The summed E-state index contributed by atoms with van der Waals surface area (Å²) in [5, 5.41) is 8.89. The van der Waals surface area contributed by atoms with E-state index in [0.29, 0.717) is 10.3 Å². The van der Waals surface area contributed by atoms with E-state index in [1.165, 1.54) is 0 Å². The van der Waals surface area contributed by atoms with Crippen LogP contribution in [0.5, 0.6) is 0 Å². The van der Waals surface area contributed by atoms with Crippen LogP contribution in [0.2, 0.25) is 0 Å². The van der Waals surface area contributed by atoms with Gasteiger partial charge in [-0.1, -0.05) is 18.2 Å². The molecule has 0 atom stereocenters. The maximum Gasteiger partial charge on any atom is 0.258 e. The lowest BCUT2D eigenvalue weighted by atomic mass is 10.2. The highest BCUT2D eigenvalue weighted by Gasteiger charge is 2.07. The number of benzene rings is 1. The van der Waals surface area contributed by atoms with Gasteiger partial charge in [0.05, 0.1) is 0 Å². The first-order valence-electron chi connectivity index (χ1n) is 4.20. The Morgan fingerprint density at radius 3 is 2.67 bits per heavy atom. The normalized spacial score (nSPS) is 9.93. The molecule has 1 amide bonds. The molecule has 0 fully saturated rings. The Morgan fingerprint density at radius 1 is 1.33 bits per heavy atom. The average molecular weight is 267 g/mol. The minimum atomic E-state index is -0.234. The van der Waals surface area contributed by atoms with Crippen LogP contribution in [-0.2, 0) is 0 Å². The minimum absolute atomic E-state index is 0.234. The zero-order valence-corrected chi connectivity index (χ0v) is 9.15. The molecule has 0 aliphatic rings. The molecule has 0 saturated heterocycles. The van der Waals surface area contributed by atoms with E-state index in [1.807, 2.05) is 6.07 Å². The van der Waals surface area contributed by atoms with Gasteiger partial charge in [-0.05, 0) is 28.1 Å². The second-order valence-electron chi connectivity index (χ2n) is 2.77. The molecule has 0 radical (unpaired) electrons. The van der Waals surface area contributed by atoms with Crippen molar-refractivity contribution >= 4 is 27.8 Å². The Balaban J connectivity index is 2.11. The molecular formula is C9H7BrN4O. The maximum atomic E-state index is 11.6. The minimum Gasteiger partial charge on any atom is -0.289 e. The first kappa shape index (κ1) is 9.85. The second kappa shape index (κ2) is 4.22. The Labute approximate surface area is 94.0 Å². The molecule has 2 aromatic rings. The van der Waals surface area contributed by atoms with Crippen LogP contribution in [-0.4, -0.2) is 21.1 Å². The van der Waals surface area contributed by atoms with E-state index in [4.69, 9.17) is 0 Å². The largest absolute Gasteiger partial charge is 0.289 e. The molecule has 0 bridgehead atoms. The van der Waals surface area contributed by atoms with Crippen LogP contribution >= 0.6 is 15.9 Å². The van der Waals surface area contributed by atoms with Gasteiger partial charge in [0, 0.05) is 5.56 Å². The van der Waals surface area contributed by atoms with Crippen molar-refractivity contribution < 1.29 is 4.79 Å². The van der Waals surface area contributed by atoms with Gasteiger partial charge in [0.1, 0.15) is 0 Å². The Kier molecular flexibility index (Phi) is 2.77. The number of anilines is 1. The van der Waals surface area contributed by atoms with Gasteiger partial charge in [-0.2, -0.15) is 4.98 Å². The molecule has 76 valence electrons. The van der Waals surface area contributed by atoms with Crippen molar-refractivity contribution in [2.75, 3.05) is 5.32 Å². The summed E-state index contributed by atoms with van der Waals surface area (Å²) in [5.74, 6) is 0.0119. The van der Waals surface area contributed by atoms with Gasteiger partial charge >= 0.3 is 0 Å². The van der Waals surface area contributed by atoms with Crippen molar-refractivity contribution in [1.82, 2.24) is 15.2 Å². The summed E-state index contributed by atoms with van der Waals surface area (Å²) in [5.41, 5.74) is 0.568. The van der Waals surface area contributed by atoms with E-state index in [9.17, 15) is 4.79 Å². The van der Waals surface area contributed by atoms with Crippen LogP contribution in [0.1, 0.15) is 10.4 Å². The van der Waals surface area contributed by atoms with Gasteiger partial charge in [-0.3, -0.25) is 15.2 Å². The van der Waals surface area contributed by atoms with Crippen LogP contribution in [0.15, 0.2) is 35.1 Å². The predicted molar refractivity (Wildman–Crippen MR) is 58.5 cm³/mol. The Hall–Kier alpha value is -1.69. The van der Waals surface area contributed by atoms with E-state index in [2.05, 4.69) is 36.4 Å². The summed E-state index contributed by atoms with van der Waals surface area (Å²) in [6.45, 7) is 0. The van der Waals surface area contributed by atoms with Gasteiger partial charge in [0.25, 0.3) is 5.91 Å². The Bertz CT molecular complexity index is 468. The zero-order chi connectivity index (χ0) is 10.7. The monoisotopic (exact) mass is 266 g/mol. The SMILES string of the molecule is O=C(Nc1n[nH]c(Br)n1)c1ccccc1. The zero-order valence-electron chi connectivity index (χ0n) is 7.57. The summed E-state index contributed by atoms with van der Waals surface area (Å²) < 4.78 is 0.478. The third-order valence-electron chi connectivity index (χ3n) is 1.72. The molecule has 0 saturated carbocycles. The molecule has 1 aromatic carbocycles. The van der Waals surface area contributed by atoms with Crippen LogP contribution < -0.4 is 5.32 Å². The number of hydrogen-bond acceptors (Lipinski definition) is 3. The first-order valence-corrected chi connectivity index (χ1v) is 4.99. The third kappa shape index (κ3) is 2.41. The fourth-order valence-corrected chi connectivity index (χ4v) is 1.32. The fourth-order valence-electron chi connectivity index (χ4n) is 1.06. The summed E-state index contributed by atoms with van der Waals surface area (Å²) in [6, 6.07) is 8.87. The molecule has 0 aliphatic carbocycles. The Morgan fingerprint density at radius 2 is 2.07 bits per heavy atom. The number of aromatic amines is 1. The number of carbonyl (C=O) groups is 1. The number of aromatic nitrogens is 3. The highest BCUT2D eigenvalue weighted by molar-refractivity contribution is 9.10. The molecule has 1 aromatic heterocycles. The van der Waals surface area contributed by atoms with E-state index in [-0.39, 0.29) is 11.9 Å². The number of rotatable bonds is 2. The number of nitrogens with one attached hydrogen (secondary N) is 2. The summed E-state index contributed by atoms with van der Waals surface area (Å²) in [6.07, 6.45) is 0. The number of hydrogen-bond donors (Lipinski definition) is 2. The van der Waals surface area contributed by atoms with Crippen molar-refractivity contribution in [3.63, 3.8) is 0 Å². The highest BCUT2D eigenvalue weighted by atomic mass is 79.9. The lowest BCUT2D eigenvalue weighted by molar-refractivity contribution is 0.102. The van der Waals surface area contributed by atoms with Crippen molar-refractivity contribution in [3.05, 3.63) is 40.6 Å². The standard InChI is InChI=1S/C9H7BrN4O/c10-8-12-9(14-13-8)11-7(15)6-4-2-1-3-5-6/h1-5H,(H2,11,12,13,14,15). The van der Waals surface area contributed by atoms with Gasteiger partial charge in [-0.25, -0.2) is 0 Å². The van der Waals surface area contributed by atoms with Crippen LogP contribution in [0, 0.1) is 0 Å². The van der Waals surface area contributed by atoms with Gasteiger partial charge < -0.3 is 0 Å². The summed E-state index contributed by atoms with van der Waals surface area (Å²) >= 11 is 3.10. The second-order valence-corrected chi connectivity index (χ2v) is 3.52. The number of nitrogens with zero attached hydrogens (tertiary/aromatic N) is 2. The van der Waals surface area contributed by atoms with Gasteiger partial charge in [0.2, 0.25) is 5.95 Å². The lowest BCUT2D eigenvalue weighted by Gasteiger charge is -1.99. The van der Waals surface area contributed by atoms with Crippen molar-refractivity contribution in [2.24, 2.45) is 0 Å². The topological polar surface area (TPSA) is 70.7 Å². The summed E-state index contributed by atoms with van der Waals surface area (Å²) in [4.78, 5) is 15.5. The molecule has 0 spiro atoms. The van der Waals surface area contributed by atoms with E-state index in [0.717, 1.165) is 0 Å². The molecule has 0 aliphatic heterocycles. The molecular weight excluding hydrogens is 260 g/mol. The molecule has 0 unspecified atom stereocenters. The predicted octanol–water partition coefficient (Wildman–Crippen LogP) is 1.82. The van der Waals surface area contributed by atoms with Crippen LogP contribution in [0.4, 0.5) is 5.95 Å². The highest BCUT2D eigenvalue weighted by Crippen LogP contribution is 2.06. The van der Waals surface area contributed by atoms with E-state index < -0.39 is 0 Å². The van der Waals surface area contributed by atoms with Gasteiger partial charge in [0.15, 0.2) is 4.73 Å². The molecule has 2 N–H and O–H groups in total. The van der Waals surface area contributed by atoms with Gasteiger partial charge in [-0.15, -0.1) is 5.10 Å². The van der Waals surface area contributed by atoms with Crippen LogP contribution in [0.25, 0.3) is 0 Å².